The summed E-state index contributed by atoms with van der Waals surface area (Å²) < 4.78 is 13.6. The standard InChI is InChI=1S/C9H8BrFO2/c1-5-6(3-9(12)13)2-7(10)4-8(5)11/h2,4H,3H2,1H3,(H,12,13). The number of rotatable bonds is 2. The molecule has 0 aliphatic carbocycles. The van der Waals surface area contributed by atoms with E-state index in [1.54, 1.807) is 13.0 Å². The first kappa shape index (κ1) is 10.2. The fourth-order valence-electron chi connectivity index (χ4n) is 1.05. The molecule has 1 N–H and O–H groups in total. The monoisotopic (exact) mass is 246 g/mol. The van der Waals surface area contributed by atoms with Crippen molar-refractivity contribution in [3.8, 4) is 0 Å². The fraction of sp³-hybridized carbons (Fsp3) is 0.222. The number of carboxylic acids is 1. The van der Waals surface area contributed by atoms with E-state index in [-0.39, 0.29) is 12.2 Å². The van der Waals surface area contributed by atoms with Crippen LogP contribution in [-0.2, 0) is 11.2 Å². The second-order valence-corrected chi connectivity index (χ2v) is 3.66. The van der Waals surface area contributed by atoms with Crippen LogP contribution in [0, 0.1) is 12.7 Å². The molecule has 1 rings (SSSR count). The second kappa shape index (κ2) is 3.87. The molecule has 0 atom stereocenters. The molecule has 0 bridgehead atoms. The summed E-state index contributed by atoms with van der Waals surface area (Å²) in [5.41, 5.74) is 0.893. The highest BCUT2D eigenvalue weighted by Crippen LogP contribution is 2.20. The molecule has 0 fully saturated rings. The van der Waals surface area contributed by atoms with Crippen LogP contribution < -0.4 is 0 Å². The van der Waals surface area contributed by atoms with Gasteiger partial charge in [0.1, 0.15) is 5.82 Å². The van der Waals surface area contributed by atoms with Crippen LogP contribution in [-0.4, -0.2) is 11.1 Å². The van der Waals surface area contributed by atoms with Gasteiger partial charge in [0.2, 0.25) is 0 Å². The van der Waals surface area contributed by atoms with Gasteiger partial charge in [-0.15, -0.1) is 0 Å². The van der Waals surface area contributed by atoms with E-state index < -0.39 is 5.97 Å². The summed E-state index contributed by atoms with van der Waals surface area (Å²) in [6.45, 7) is 1.57. The van der Waals surface area contributed by atoms with Crippen molar-refractivity contribution in [1.29, 1.82) is 0 Å². The summed E-state index contributed by atoms with van der Waals surface area (Å²) in [6.07, 6.45) is -0.151. The van der Waals surface area contributed by atoms with Gasteiger partial charge in [-0.1, -0.05) is 15.9 Å². The van der Waals surface area contributed by atoms with Gasteiger partial charge in [-0.25, -0.2) is 4.39 Å². The SMILES string of the molecule is Cc1c(F)cc(Br)cc1CC(=O)O. The number of hydrogen-bond donors (Lipinski definition) is 1. The van der Waals surface area contributed by atoms with Crippen molar-refractivity contribution in [3.05, 3.63) is 33.5 Å². The molecular weight excluding hydrogens is 239 g/mol. The first-order valence-electron chi connectivity index (χ1n) is 3.67. The zero-order chi connectivity index (χ0) is 10.0. The van der Waals surface area contributed by atoms with Gasteiger partial charge in [0.15, 0.2) is 0 Å². The fourth-order valence-corrected chi connectivity index (χ4v) is 1.52. The van der Waals surface area contributed by atoms with Gasteiger partial charge in [0.25, 0.3) is 0 Å². The predicted octanol–water partition coefficient (Wildman–Crippen LogP) is 2.52. The molecule has 0 aromatic heterocycles. The molecule has 0 aliphatic heterocycles. The molecule has 0 aliphatic rings. The van der Waals surface area contributed by atoms with Crippen LogP contribution in [0.4, 0.5) is 4.39 Å². The lowest BCUT2D eigenvalue weighted by molar-refractivity contribution is -0.136. The van der Waals surface area contributed by atoms with E-state index in [4.69, 9.17) is 5.11 Å². The maximum absolute atomic E-state index is 13.1. The number of hydrogen-bond acceptors (Lipinski definition) is 1. The lowest BCUT2D eigenvalue weighted by Gasteiger charge is -2.04. The highest BCUT2D eigenvalue weighted by molar-refractivity contribution is 9.10. The molecule has 0 spiro atoms. The van der Waals surface area contributed by atoms with Crippen LogP contribution in [0.25, 0.3) is 0 Å². The summed E-state index contributed by atoms with van der Waals surface area (Å²) >= 11 is 3.10. The third-order valence-electron chi connectivity index (χ3n) is 1.76. The Morgan fingerprint density at radius 1 is 1.62 bits per heavy atom. The summed E-state index contributed by atoms with van der Waals surface area (Å²) in [6, 6.07) is 2.94. The van der Waals surface area contributed by atoms with Crippen LogP contribution in [0.15, 0.2) is 16.6 Å². The lowest BCUT2D eigenvalue weighted by atomic mass is 10.1. The number of halogens is 2. The minimum atomic E-state index is -0.958. The van der Waals surface area contributed by atoms with Gasteiger partial charge in [-0.2, -0.15) is 0 Å². The van der Waals surface area contributed by atoms with Crippen molar-refractivity contribution < 1.29 is 14.3 Å². The van der Waals surface area contributed by atoms with Crippen molar-refractivity contribution in [3.63, 3.8) is 0 Å². The molecule has 1 aromatic rings. The minimum Gasteiger partial charge on any atom is -0.481 e. The Hall–Kier alpha value is -0.900. The van der Waals surface area contributed by atoms with E-state index in [0.29, 0.717) is 15.6 Å². The maximum Gasteiger partial charge on any atom is 0.307 e. The van der Waals surface area contributed by atoms with Gasteiger partial charge in [-0.05, 0) is 30.2 Å². The Bertz CT molecular complexity index is 350. The van der Waals surface area contributed by atoms with Crippen LogP contribution in [0.3, 0.4) is 0 Å². The van der Waals surface area contributed by atoms with Gasteiger partial charge in [-0.3, -0.25) is 4.79 Å². The van der Waals surface area contributed by atoms with Gasteiger partial charge >= 0.3 is 5.97 Å². The topological polar surface area (TPSA) is 37.3 Å². The molecule has 0 unspecified atom stereocenters. The van der Waals surface area contributed by atoms with Crippen molar-refractivity contribution >= 4 is 21.9 Å². The normalized spacial score (nSPS) is 10.1. The number of aliphatic carboxylic acids is 1. The average molecular weight is 247 g/mol. The number of benzene rings is 1. The Kier molecular flexibility index (Phi) is 3.03. The molecule has 0 amide bonds. The summed E-state index contributed by atoms with van der Waals surface area (Å²) in [4.78, 5) is 10.4. The average Bonchev–Trinajstić information content (AvgIpc) is 1.98. The Balaban J connectivity index is 3.12. The Labute approximate surface area is 83.5 Å². The predicted molar refractivity (Wildman–Crippen MR) is 50.2 cm³/mol. The third-order valence-corrected chi connectivity index (χ3v) is 2.22. The van der Waals surface area contributed by atoms with E-state index in [0.717, 1.165) is 0 Å². The van der Waals surface area contributed by atoms with E-state index in [9.17, 15) is 9.18 Å². The van der Waals surface area contributed by atoms with E-state index in [1.165, 1.54) is 6.07 Å². The Morgan fingerprint density at radius 2 is 2.23 bits per heavy atom. The Morgan fingerprint density at radius 3 is 2.77 bits per heavy atom. The largest absolute Gasteiger partial charge is 0.481 e. The quantitative estimate of drug-likeness (QED) is 0.871. The molecule has 1 aromatic carbocycles. The first-order chi connectivity index (χ1) is 6.00. The van der Waals surface area contributed by atoms with Crippen LogP contribution >= 0.6 is 15.9 Å². The van der Waals surface area contributed by atoms with E-state index >= 15 is 0 Å². The van der Waals surface area contributed by atoms with Gasteiger partial charge in [0.05, 0.1) is 6.42 Å². The van der Waals surface area contributed by atoms with Crippen LogP contribution in [0.1, 0.15) is 11.1 Å². The minimum absolute atomic E-state index is 0.151. The van der Waals surface area contributed by atoms with E-state index in [1.807, 2.05) is 0 Å². The maximum atomic E-state index is 13.1. The highest BCUT2D eigenvalue weighted by atomic mass is 79.9. The summed E-state index contributed by atoms with van der Waals surface area (Å²) in [5.74, 6) is -1.34. The summed E-state index contributed by atoms with van der Waals surface area (Å²) in [5, 5.41) is 8.54. The molecule has 70 valence electrons. The zero-order valence-corrected chi connectivity index (χ0v) is 8.56. The summed E-state index contributed by atoms with van der Waals surface area (Å²) in [7, 11) is 0. The molecule has 2 nitrogen and oxygen atoms in total. The molecule has 0 saturated heterocycles. The smallest absolute Gasteiger partial charge is 0.307 e. The van der Waals surface area contributed by atoms with Gasteiger partial charge in [0, 0.05) is 4.47 Å². The van der Waals surface area contributed by atoms with Crippen molar-refractivity contribution in [2.24, 2.45) is 0 Å². The van der Waals surface area contributed by atoms with Crippen molar-refractivity contribution in [2.45, 2.75) is 13.3 Å². The molecule has 0 saturated carbocycles. The highest BCUT2D eigenvalue weighted by Gasteiger charge is 2.08. The molecule has 4 heteroatoms. The van der Waals surface area contributed by atoms with Crippen molar-refractivity contribution in [1.82, 2.24) is 0 Å². The molecular formula is C9H8BrFO2. The zero-order valence-electron chi connectivity index (χ0n) is 6.97. The first-order valence-corrected chi connectivity index (χ1v) is 4.46. The van der Waals surface area contributed by atoms with Gasteiger partial charge < -0.3 is 5.11 Å². The van der Waals surface area contributed by atoms with E-state index in [2.05, 4.69) is 15.9 Å². The second-order valence-electron chi connectivity index (χ2n) is 2.74. The number of carboxylic acid groups (broad SMARTS) is 1. The number of carbonyl (C=O) groups is 1. The van der Waals surface area contributed by atoms with Crippen molar-refractivity contribution in [2.75, 3.05) is 0 Å². The van der Waals surface area contributed by atoms with Crippen LogP contribution in [0.2, 0.25) is 0 Å². The lowest BCUT2D eigenvalue weighted by Crippen LogP contribution is -2.03. The molecule has 0 heterocycles. The molecule has 0 radical (unpaired) electrons. The third kappa shape index (κ3) is 2.52. The van der Waals surface area contributed by atoms with Crippen LogP contribution in [0.5, 0.6) is 0 Å². The molecule has 13 heavy (non-hydrogen) atoms.